The number of nitrogens with one attached hydrogen (secondary N) is 2. The zero-order chi connectivity index (χ0) is 14.5. The molecular weight excluding hydrogens is 264 g/mol. The van der Waals surface area contributed by atoms with E-state index in [1.165, 1.54) is 25.8 Å². The van der Waals surface area contributed by atoms with Crippen molar-refractivity contribution in [3.05, 3.63) is 24.4 Å². The molecule has 21 heavy (non-hydrogen) atoms. The number of rotatable bonds is 6. The van der Waals surface area contributed by atoms with Gasteiger partial charge in [-0.2, -0.15) is 0 Å². The zero-order valence-corrected chi connectivity index (χ0v) is 12.7. The highest BCUT2D eigenvalue weighted by Crippen LogP contribution is 2.32. The van der Waals surface area contributed by atoms with Crippen LogP contribution in [-0.2, 0) is 0 Å². The SMILES string of the molecule is COc1cc2cc[nH]c2cc1OCCCC1CCCNC1. The number of aromatic nitrogens is 1. The fraction of sp³-hybridized carbons (Fsp3) is 0.529. The minimum atomic E-state index is 0.749. The smallest absolute Gasteiger partial charge is 0.163 e. The van der Waals surface area contributed by atoms with Gasteiger partial charge in [-0.05, 0) is 56.8 Å². The first-order chi connectivity index (χ1) is 10.4. The largest absolute Gasteiger partial charge is 0.493 e. The molecule has 0 spiro atoms. The van der Waals surface area contributed by atoms with Gasteiger partial charge in [0.15, 0.2) is 11.5 Å². The maximum Gasteiger partial charge on any atom is 0.163 e. The van der Waals surface area contributed by atoms with E-state index in [-0.39, 0.29) is 0 Å². The summed E-state index contributed by atoms with van der Waals surface area (Å²) in [5.41, 5.74) is 1.09. The molecule has 1 fully saturated rings. The number of H-pyrrole nitrogens is 1. The van der Waals surface area contributed by atoms with E-state index >= 15 is 0 Å². The Kier molecular flexibility index (Phi) is 4.65. The van der Waals surface area contributed by atoms with Gasteiger partial charge in [0, 0.05) is 23.2 Å². The first-order valence-corrected chi connectivity index (χ1v) is 7.85. The second-order valence-corrected chi connectivity index (χ2v) is 5.77. The normalized spacial score (nSPS) is 18.8. The van der Waals surface area contributed by atoms with Crippen LogP contribution < -0.4 is 14.8 Å². The van der Waals surface area contributed by atoms with Gasteiger partial charge in [-0.25, -0.2) is 0 Å². The van der Waals surface area contributed by atoms with Gasteiger partial charge in [0.25, 0.3) is 0 Å². The fourth-order valence-corrected chi connectivity index (χ4v) is 3.06. The fourth-order valence-electron chi connectivity index (χ4n) is 3.06. The van der Waals surface area contributed by atoms with Gasteiger partial charge in [0.1, 0.15) is 0 Å². The van der Waals surface area contributed by atoms with E-state index in [0.29, 0.717) is 0 Å². The van der Waals surface area contributed by atoms with Crippen LogP contribution in [0.3, 0.4) is 0 Å². The van der Waals surface area contributed by atoms with Crippen molar-refractivity contribution < 1.29 is 9.47 Å². The van der Waals surface area contributed by atoms with Crippen LogP contribution in [0.5, 0.6) is 11.5 Å². The summed E-state index contributed by atoms with van der Waals surface area (Å²) in [5, 5.41) is 4.61. The molecule has 0 bridgehead atoms. The molecule has 4 nitrogen and oxygen atoms in total. The van der Waals surface area contributed by atoms with E-state index < -0.39 is 0 Å². The van der Waals surface area contributed by atoms with Crippen molar-refractivity contribution in [2.24, 2.45) is 5.92 Å². The summed E-state index contributed by atoms with van der Waals surface area (Å²) >= 11 is 0. The highest BCUT2D eigenvalue weighted by molar-refractivity contribution is 5.83. The van der Waals surface area contributed by atoms with Crippen molar-refractivity contribution in [3.8, 4) is 11.5 Å². The zero-order valence-electron chi connectivity index (χ0n) is 12.7. The molecule has 1 aliphatic heterocycles. The van der Waals surface area contributed by atoms with Gasteiger partial charge in [-0.3, -0.25) is 0 Å². The highest BCUT2D eigenvalue weighted by Gasteiger charge is 2.13. The molecule has 4 heteroatoms. The number of piperidine rings is 1. The van der Waals surface area contributed by atoms with Crippen molar-refractivity contribution in [1.82, 2.24) is 10.3 Å². The molecule has 2 aromatic rings. The Bertz CT molecular complexity index is 573. The van der Waals surface area contributed by atoms with Gasteiger partial charge >= 0.3 is 0 Å². The highest BCUT2D eigenvalue weighted by atomic mass is 16.5. The predicted octanol–water partition coefficient (Wildman–Crippen LogP) is 3.34. The Morgan fingerprint density at radius 3 is 3.05 bits per heavy atom. The average molecular weight is 288 g/mol. The molecule has 3 rings (SSSR count). The first-order valence-electron chi connectivity index (χ1n) is 7.85. The topological polar surface area (TPSA) is 46.3 Å². The molecule has 1 aromatic carbocycles. The summed E-state index contributed by atoms with van der Waals surface area (Å²) in [4.78, 5) is 3.21. The Labute approximate surface area is 125 Å². The van der Waals surface area contributed by atoms with Crippen LogP contribution in [0, 0.1) is 5.92 Å². The summed E-state index contributed by atoms with van der Waals surface area (Å²) in [6.45, 7) is 3.09. The van der Waals surface area contributed by atoms with Crippen LogP contribution in [0.2, 0.25) is 0 Å². The quantitative estimate of drug-likeness (QED) is 0.801. The van der Waals surface area contributed by atoms with Crippen molar-refractivity contribution >= 4 is 10.9 Å². The molecule has 1 saturated heterocycles. The molecule has 114 valence electrons. The second kappa shape index (κ2) is 6.85. The minimum Gasteiger partial charge on any atom is -0.493 e. The molecule has 0 aliphatic carbocycles. The maximum atomic E-state index is 5.93. The molecule has 0 radical (unpaired) electrons. The third-order valence-electron chi connectivity index (χ3n) is 4.25. The molecule has 0 saturated carbocycles. The third-order valence-corrected chi connectivity index (χ3v) is 4.25. The number of aromatic amines is 1. The van der Waals surface area contributed by atoms with Gasteiger partial charge in [-0.15, -0.1) is 0 Å². The van der Waals surface area contributed by atoms with E-state index in [1.807, 2.05) is 24.4 Å². The summed E-state index contributed by atoms with van der Waals surface area (Å²) in [6.07, 6.45) is 6.93. The lowest BCUT2D eigenvalue weighted by atomic mass is 9.95. The molecule has 1 aliphatic rings. The van der Waals surface area contributed by atoms with Crippen LogP contribution in [0.4, 0.5) is 0 Å². The van der Waals surface area contributed by atoms with Crippen LogP contribution in [0.25, 0.3) is 10.9 Å². The Hall–Kier alpha value is -1.68. The molecule has 0 amide bonds. The maximum absolute atomic E-state index is 5.93. The van der Waals surface area contributed by atoms with Gasteiger partial charge in [0.2, 0.25) is 0 Å². The average Bonchev–Trinajstić information content (AvgIpc) is 2.99. The lowest BCUT2D eigenvalue weighted by Crippen LogP contribution is -2.29. The van der Waals surface area contributed by atoms with E-state index in [9.17, 15) is 0 Å². The van der Waals surface area contributed by atoms with Crippen LogP contribution in [0.1, 0.15) is 25.7 Å². The number of hydrogen-bond acceptors (Lipinski definition) is 3. The van der Waals surface area contributed by atoms with Crippen LogP contribution >= 0.6 is 0 Å². The Morgan fingerprint density at radius 2 is 2.24 bits per heavy atom. The second-order valence-electron chi connectivity index (χ2n) is 5.77. The van der Waals surface area contributed by atoms with Crippen molar-refractivity contribution in [3.63, 3.8) is 0 Å². The molecule has 1 aromatic heterocycles. The van der Waals surface area contributed by atoms with E-state index in [1.54, 1.807) is 7.11 Å². The summed E-state index contributed by atoms with van der Waals surface area (Å²) < 4.78 is 11.4. The monoisotopic (exact) mass is 288 g/mol. The van der Waals surface area contributed by atoms with Gasteiger partial charge in [0.05, 0.1) is 13.7 Å². The molecular formula is C17H24N2O2. The molecule has 2 N–H and O–H groups in total. The van der Waals surface area contributed by atoms with Crippen LogP contribution in [0.15, 0.2) is 24.4 Å². The number of fused-ring (bicyclic) bond motifs is 1. The Morgan fingerprint density at radius 1 is 1.29 bits per heavy atom. The van der Waals surface area contributed by atoms with Gasteiger partial charge < -0.3 is 19.8 Å². The predicted molar refractivity (Wildman–Crippen MR) is 85.2 cm³/mol. The molecule has 1 unspecified atom stereocenters. The summed E-state index contributed by atoms with van der Waals surface area (Å²) in [7, 11) is 1.69. The molecule has 1 atom stereocenters. The number of hydrogen-bond donors (Lipinski definition) is 2. The van der Waals surface area contributed by atoms with Crippen molar-refractivity contribution in [2.45, 2.75) is 25.7 Å². The van der Waals surface area contributed by atoms with Crippen LogP contribution in [-0.4, -0.2) is 31.8 Å². The lowest BCUT2D eigenvalue weighted by molar-refractivity contribution is 0.264. The van der Waals surface area contributed by atoms with Crippen molar-refractivity contribution in [2.75, 3.05) is 26.8 Å². The van der Waals surface area contributed by atoms with E-state index in [0.717, 1.165) is 47.9 Å². The summed E-state index contributed by atoms with van der Waals surface area (Å²) in [6, 6.07) is 6.08. The number of methoxy groups -OCH3 is 1. The molecule has 2 heterocycles. The van der Waals surface area contributed by atoms with Crippen molar-refractivity contribution in [1.29, 1.82) is 0 Å². The van der Waals surface area contributed by atoms with Gasteiger partial charge in [-0.1, -0.05) is 0 Å². The number of ether oxygens (including phenoxy) is 2. The minimum absolute atomic E-state index is 0.749. The first kappa shape index (κ1) is 14.3. The van der Waals surface area contributed by atoms with E-state index in [4.69, 9.17) is 9.47 Å². The standard InChI is InChI=1S/C17H24N2O2/c1-20-16-10-14-6-8-19-15(14)11-17(16)21-9-3-5-13-4-2-7-18-12-13/h6,8,10-11,13,18-19H,2-5,7,9,12H2,1H3. The number of benzene rings is 1. The lowest BCUT2D eigenvalue weighted by Gasteiger charge is -2.22. The third kappa shape index (κ3) is 3.50. The Balaban J connectivity index is 1.54. The summed E-state index contributed by atoms with van der Waals surface area (Å²) in [5.74, 6) is 2.45. The van der Waals surface area contributed by atoms with E-state index in [2.05, 4.69) is 10.3 Å².